The van der Waals surface area contributed by atoms with Gasteiger partial charge in [-0.05, 0) is 46.9 Å². The van der Waals surface area contributed by atoms with Gasteiger partial charge in [0, 0.05) is 38.3 Å². The molecule has 1 aromatic carbocycles. The number of benzene rings is 1. The summed E-state index contributed by atoms with van der Waals surface area (Å²) in [6.07, 6.45) is -6.16. The van der Waals surface area contributed by atoms with Crippen molar-refractivity contribution in [2.45, 2.75) is 64.2 Å². The molecule has 1 N–H and O–H groups in total. The number of ether oxygens (including phenoxy) is 1. The van der Waals surface area contributed by atoms with E-state index in [4.69, 9.17) is 4.74 Å². The molecule has 15 heteroatoms. The molecule has 2 aliphatic heterocycles. The van der Waals surface area contributed by atoms with Crippen molar-refractivity contribution >= 4 is 15.7 Å². The van der Waals surface area contributed by atoms with Crippen LogP contribution in [0.5, 0.6) is 5.75 Å². The fourth-order valence-corrected chi connectivity index (χ4v) is 5.02. The van der Waals surface area contributed by atoms with E-state index in [1.54, 1.807) is 0 Å². The van der Waals surface area contributed by atoms with Crippen LogP contribution in [0.2, 0.25) is 0 Å². The number of fused-ring (bicyclic) bond motifs is 2. The maximum atomic E-state index is 13.2. The molecule has 44 heavy (non-hydrogen) atoms. The first-order valence-electron chi connectivity index (χ1n) is 13.3. The summed E-state index contributed by atoms with van der Waals surface area (Å²) in [7, 11) is -3.58. The number of nitrogens with zero attached hydrogens (tertiary/aromatic N) is 3. The number of halogens is 6. The zero-order valence-electron chi connectivity index (χ0n) is 24.2. The highest BCUT2D eigenvalue weighted by molar-refractivity contribution is 7.90. The van der Waals surface area contributed by atoms with Gasteiger partial charge in [0.2, 0.25) is 0 Å². The van der Waals surface area contributed by atoms with E-state index in [0.29, 0.717) is 35.6 Å². The third-order valence-corrected chi connectivity index (χ3v) is 7.75. The zero-order chi connectivity index (χ0) is 32.7. The number of hydrogen-bond acceptors (Lipinski definition) is 7. The summed E-state index contributed by atoms with van der Waals surface area (Å²) >= 11 is 0. The van der Waals surface area contributed by atoms with E-state index in [0.717, 1.165) is 30.8 Å². The second-order valence-electron chi connectivity index (χ2n) is 11.7. The number of alkyl halides is 6. The molecule has 0 saturated heterocycles. The third-order valence-electron chi connectivity index (χ3n) is 6.64. The Labute approximate surface area is 250 Å². The first-order valence-corrected chi connectivity index (χ1v) is 15.2. The lowest BCUT2D eigenvalue weighted by molar-refractivity contribution is -0.138. The molecule has 1 amide bonds. The minimum absolute atomic E-state index is 0.0219. The predicted molar refractivity (Wildman–Crippen MR) is 147 cm³/mol. The second-order valence-corrected chi connectivity index (χ2v) is 13.7. The Hall–Kier alpha value is -3.72. The Balaban J connectivity index is 0.000000281. The maximum absolute atomic E-state index is 13.2. The summed E-state index contributed by atoms with van der Waals surface area (Å²) in [6, 6.07) is 6.17. The van der Waals surface area contributed by atoms with E-state index in [-0.39, 0.29) is 41.3 Å². The van der Waals surface area contributed by atoms with Crippen LogP contribution in [0.4, 0.5) is 26.3 Å². The molecule has 0 spiro atoms. The van der Waals surface area contributed by atoms with Crippen LogP contribution < -0.4 is 10.1 Å². The number of sulfone groups is 1. The molecule has 0 saturated carbocycles. The van der Waals surface area contributed by atoms with E-state index in [1.165, 1.54) is 23.1 Å². The number of pyridine rings is 2. The number of amides is 1. The van der Waals surface area contributed by atoms with E-state index < -0.39 is 39.2 Å². The smallest absolute Gasteiger partial charge is 0.417 e. The Morgan fingerprint density at radius 3 is 2.05 bits per heavy atom. The van der Waals surface area contributed by atoms with Crippen molar-refractivity contribution in [3.63, 3.8) is 0 Å². The fraction of sp³-hybridized carbons (Fsp3) is 0.414. The molecule has 2 aliphatic rings. The highest BCUT2D eigenvalue weighted by Gasteiger charge is 2.35. The Kier molecular flexibility index (Phi) is 9.04. The SMILES string of the molecule is CC(C)(C)COc1ccc(S(C)(=O)=O)cc1C(=O)N1Cc2cc(C(F)(F)F)cnc2C1.FC(F)(F)c1cnc2c(c1)CNC2. The van der Waals surface area contributed by atoms with Crippen LogP contribution >= 0.6 is 0 Å². The Morgan fingerprint density at radius 1 is 0.886 bits per heavy atom. The van der Waals surface area contributed by atoms with Crippen molar-refractivity contribution < 1.29 is 44.3 Å². The lowest BCUT2D eigenvalue weighted by atomic mass is 9.98. The molecule has 3 aromatic rings. The van der Waals surface area contributed by atoms with E-state index >= 15 is 0 Å². The van der Waals surface area contributed by atoms with Gasteiger partial charge in [-0.3, -0.25) is 14.8 Å². The minimum atomic E-state index is -4.53. The number of carbonyl (C=O) groups is 1. The van der Waals surface area contributed by atoms with Gasteiger partial charge < -0.3 is 15.0 Å². The Bertz CT molecular complexity index is 1670. The summed E-state index contributed by atoms with van der Waals surface area (Å²) in [5.74, 6) is -0.326. The first kappa shape index (κ1) is 33.2. The number of nitrogens with one attached hydrogen (secondary N) is 1. The van der Waals surface area contributed by atoms with Crippen molar-refractivity contribution in [2.75, 3.05) is 12.9 Å². The van der Waals surface area contributed by atoms with Crippen molar-refractivity contribution in [3.05, 3.63) is 81.9 Å². The van der Waals surface area contributed by atoms with Gasteiger partial charge in [-0.1, -0.05) is 20.8 Å². The van der Waals surface area contributed by atoms with Gasteiger partial charge in [-0.25, -0.2) is 8.42 Å². The molecule has 0 atom stereocenters. The maximum Gasteiger partial charge on any atom is 0.417 e. The topological polar surface area (TPSA) is 101 Å². The molecule has 5 rings (SSSR count). The second kappa shape index (κ2) is 12.0. The van der Waals surface area contributed by atoms with Crippen LogP contribution in [0.15, 0.2) is 47.6 Å². The number of carbonyl (C=O) groups excluding carboxylic acids is 1. The van der Waals surface area contributed by atoms with Crippen LogP contribution in [0.25, 0.3) is 0 Å². The van der Waals surface area contributed by atoms with Crippen LogP contribution in [-0.2, 0) is 48.4 Å². The van der Waals surface area contributed by atoms with Crippen LogP contribution in [-0.4, -0.2) is 42.1 Å². The molecule has 8 nitrogen and oxygen atoms in total. The van der Waals surface area contributed by atoms with E-state index in [9.17, 15) is 39.6 Å². The fourth-order valence-electron chi connectivity index (χ4n) is 4.38. The molecule has 0 radical (unpaired) electrons. The molecule has 0 aliphatic carbocycles. The van der Waals surface area contributed by atoms with Crippen molar-refractivity contribution in [1.82, 2.24) is 20.2 Å². The Morgan fingerprint density at radius 2 is 1.48 bits per heavy atom. The van der Waals surface area contributed by atoms with Gasteiger partial charge in [-0.15, -0.1) is 0 Å². The van der Waals surface area contributed by atoms with Crippen LogP contribution in [0, 0.1) is 5.41 Å². The van der Waals surface area contributed by atoms with Gasteiger partial charge in [-0.2, -0.15) is 26.3 Å². The summed E-state index contributed by atoms with van der Waals surface area (Å²) in [4.78, 5) is 22.1. The lowest BCUT2D eigenvalue weighted by Gasteiger charge is -2.22. The molecule has 0 fully saturated rings. The molecule has 4 heterocycles. The molecular formula is C29H30F6N4O4S. The van der Waals surface area contributed by atoms with E-state index in [1.807, 2.05) is 20.8 Å². The van der Waals surface area contributed by atoms with Crippen molar-refractivity contribution in [2.24, 2.45) is 5.41 Å². The van der Waals surface area contributed by atoms with Crippen LogP contribution in [0.1, 0.15) is 64.8 Å². The first-order chi connectivity index (χ1) is 20.2. The summed E-state index contributed by atoms with van der Waals surface area (Å²) in [5.41, 5.74) is 0.317. The summed E-state index contributed by atoms with van der Waals surface area (Å²) in [6.45, 7) is 7.12. The highest BCUT2D eigenvalue weighted by atomic mass is 32.2. The van der Waals surface area contributed by atoms with E-state index in [2.05, 4.69) is 15.3 Å². The monoisotopic (exact) mass is 644 g/mol. The average Bonchev–Trinajstić information content (AvgIpc) is 3.56. The number of rotatable bonds is 4. The van der Waals surface area contributed by atoms with Gasteiger partial charge in [0.05, 0.1) is 46.1 Å². The average molecular weight is 645 g/mol. The third kappa shape index (κ3) is 8.05. The lowest BCUT2D eigenvalue weighted by Crippen LogP contribution is -2.27. The quantitative estimate of drug-likeness (QED) is 0.359. The number of hydrogen-bond donors (Lipinski definition) is 1. The molecule has 0 unspecified atom stereocenters. The van der Waals surface area contributed by atoms with Crippen molar-refractivity contribution in [1.29, 1.82) is 0 Å². The van der Waals surface area contributed by atoms with Crippen molar-refractivity contribution in [3.8, 4) is 5.75 Å². The van der Waals surface area contributed by atoms with Crippen LogP contribution in [0.3, 0.4) is 0 Å². The number of aromatic nitrogens is 2. The molecule has 0 bridgehead atoms. The van der Waals surface area contributed by atoms with Gasteiger partial charge in [0.1, 0.15) is 5.75 Å². The largest absolute Gasteiger partial charge is 0.492 e. The summed E-state index contributed by atoms with van der Waals surface area (Å²) < 4.78 is 105. The van der Waals surface area contributed by atoms with Gasteiger partial charge >= 0.3 is 12.4 Å². The molecule has 238 valence electrons. The highest BCUT2D eigenvalue weighted by Crippen LogP contribution is 2.34. The predicted octanol–water partition coefficient (Wildman–Crippen LogP) is 5.79. The molecule has 2 aromatic heterocycles. The normalized spacial score (nSPS) is 14.9. The standard InChI is InChI=1S/C21H23F3N2O4S.C8H7F3N2/c1-20(2,3)12-30-18-6-5-15(31(4,28)29)8-16(18)19(27)26-10-13-7-14(21(22,23)24)9-25-17(13)11-26;9-8(10,11)6-1-5-2-12-4-7(5)13-3-6/h5-9H,10-12H2,1-4H3;1,3,12H,2,4H2. The zero-order valence-corrected chi connectivity index (χ0v) is 25.0. The summed E-state index contributed by atoms with van der Waals surface area (Å²) in [5, 5.41) is 2.94. The van der Waals surface area contributed by atoms with Gasteiger partial charge in [0.15, 0.2) is 9.84 Å². The minimum Gasteiger partial charge on any atom is -0.492 e. The van der Waals surface area contributed by atoms with Gasteiger partial charge in [0.25, 0.3) is 5.91 Å². The molecular weight excluding hydrogens is 614 g/mol.